The van der Waals surface area contributed by atoms with Gasteiger partial charge in [0.15, 0.2) is 0 Å². The standard InChI is InChI=1S/C56H39N/c1-6-21-40(22-7-1)47-34-20-35-48(41-23-8-2-9-24-41)56(47)57(45-29-14-5-15-30-45)53-36-19-18-31-46(53)44-37-38-50-49-32-16-17-33-51(49)54(42-25-10-3-11-26-42)55(52(50)39-44)43-27-12-4-13-28-43/h1-39H. The van der Waals surface area contributed by atoms with Crippen molar-refractivity contribution in [1.29, 1.82) is 0 Å². The molecule has 1 heteroatoms. The molecule has 1 nitrogen and oxygen atoms in total. The van der Waals surface area contributed by atoms with Gasteiger partial charge in [0.2, 0.25) is 0 Å². The van der Waals surface area contributed by atoms with E-state index < -0.39 is 0 Å². The lowest BCUT2D eigenvalue weighted by atomic mass is 9.84. The van der Waals surface area contributed by atoms with E-state index in [0.29, 0.717) is 0 Å². The number of rotatable bonds is 8. The fourth-order valence-corrected chi connectivity index (χ4v) is 8.53. The Morgan fingerprint density at radius 1 is 0.246 bits per heavy atom. The highest BCUT2D eigenvalue weighted by molar-refractivity contribution is 6.22. The Morgan fingerprint density at radius 2 is 0.667 bits per heavy atom. The maximum Gasteiger partial charge on any atom is 0.0618 e. The van der Waals surface area contributed by atoms with Crippen molar-refractivity contribution in [3.05, 3.63) is 237 Å². The third kappa shape index (κ3) is 6.26. The summed E-state index contributed by atoms with van der Waals surface area (Å²) in [7, 11) is 0. The minimum absolute atomic E-state index is 1.09. The van der Waals surface area contributed by atoms with Crippen LogP contribution in [0.4, 0.5) is 17.1 Å². The summed E-state index contributed by atoms with van der Waals surface area (Å²) in [5.74, 6) is 0. The third-order valence-electron chi connectivity index (χ3n) is 11.0. The second-order valence-corrected chi connectivity index (χ2v) is 14.4. The van der Waals surface area contributed by atoms with Gasteiger partial charge in [-0.25, -0.2) is 0 Å². The van der Waals surface area contributed by atoms with Gasteiger partial charge in [-0.3, -0.25) is 0 Å². The van der Waals surface area contributed by atoms with E-state index in [9.17, 15) is 0 Å². The van der Waals surface area contributed by atoms with E-state index in [4.69, 9.17) is 0 Å². The van der Waals surface area contributed by atoms with Crippen LogP contribution >= 0.6 is 0 Å². The van der Waals surface area contributed by atoms with E-state index in [1.165, 1.54) is 66.1 Å². The molecule has 0 aliphatic carbocycles. The molecule has 0 fully saturated rings. The van der Waals surface area contributed by atoms with Crippen molar-refractivity contribution in [2.24, 2.45) is 0 Å². The Labute approximate surface area is 334 Å². The molecule has 0 aromatic heterocycles. The molecule has 268 valence electrons. The molecule has 0 N–H and O–H groups in total. The van der Waals surface area contributed by atoms with Crippen LogP contribution < -0.4 is 4.90 Å². The number of anilines is 3. The summed E-state index contributed by atoms with van der Waals surface area (Å²) in [5, 5.41) is 4.98. The highest BCUT2D eigenvalue weighted by Crippen LogP contribution is 2.50. The normalized spacial score (nSPS) is 11.2. The second kappa shape index (κ2) is 15.0. The van der Waals surface area contributed by atoms with Crippen LogP contribution in [-0.2, 0) is 0 Å². The number of nitrogens with zero attached hydrogens (tertiary/aromatic N) is 1. The van der Waals surface area contributed by atoms with Gasteiger partial charge in [0.1, 0.15) is 0 Å². The predicted molar refractivity (Wildman–Crippen MR) is 243 cm³/mol. The fraction of sp³-hybridized carbons (Fsp3) is 0. The molecule has 0 amide bonds. The van der Waals surface area contributed by atoms with Crippen LogP contribution in [0.15, 0.2) is 237 Å². The molecule has 10 aromatic rings. The van der Waals surface area contributed by atoms with Crippen molar-refractivity contribution >= 4 is 38.6 Å². The Balaban J connectivity index is 1.28. The van der Waals surface area contributed by atoms with Gasteiger partial charge in [0, 0.05) is 22.4 Å². The highest BCUT2D eigenvalue weighted by atomic mass is 15.1. The second-order valence-electron chi connectivity index (χ2n) is 14.4. The lowest BCUT2D eigenvalue weighted by molar-refractivity contribution is 1.28. The van der Waals surface area contributed by atoms with Crippen LogP contribution in [-0.4, -0.2) is 0 Å². The smallest absolute Gasteiger partial charge is 0.0618 e. The molecule has 0 aliphatic rings. The molecular formula is C56H39N. The van der Waals surface area contributed by atoms with Crippen LogP contribution in [0.2, 0.25) is 0 Å². The van der Waals surface area contributed by atoms with Crippen LogP contribution in [0.25, 0.3) is 77.2 Å². The average Bonchev–Trinajstić information content (AvgIpc) is 3.30. The van der Waals surface area contributed by atoms with E-state index in [1.807, 2.05) is 0 Å². The Kier molecular flexibility index (Phi) is 8.95. The van der Waals surface area contributed by atoms with Gasteiger partial charge in [-0.1, -0.05) is 212 Å². The number of benzene rings is 10. The Morgan fingerprint density at radius 3 is 1.25 bits per heavy atom. The predicted octanol–water partition coefficient (Wildman–Crippen LogP) is 15.8. The monoisotopic (exact) mass is 725 g/mol. The zero-order valence-electron chi connectivity index (χ0n) is 31.5. The molecule has 0 spiro atoms. The molecule has 10 rings (SSSR count). The SMILES string of the molecule is c1ccc(-c2cccc(-c3ccccc3)c2N(c2ccccc2)c2ccccc2-c2ccc3c(c2)c(-c2ccccc2)c(-c2ccccc2)c2ccccc23)cc1. The molecular weight excluding hydrogens is 687 g/mol. The van der Waals surface area contributed by atoms with Crippen molar-refractivity contribution < 1.29 is 0 Å². The summed E-state index contributed by atoms with van der Waals surface area (Å²) >= 11 is 0. The van der Waals surface area contributed by atoms with Crippen molar-refractivity contribution in [1.82, 2.24) is 0 Å². The van der Waals surface area contributed by atoms with E-state index in [1.54, 1.807) is 0 Å². The van der Waals surface area contributed by atoms with Gasteiger partial charge in [0.05, 0.1) is 11.4 Å². The molecule has 57 heavy (non-hydrogen) atoms. The molecule has 0 atom stereocenters. The number of fused-ring (bicyclic) bond motifs is 3. The molecule has 10 aromatic carbocycles. The van der Waals surface area contributed by atoms with Crippen molar-refractivity contribution in [2.75, 3.05) is 4.90 Å². The summed E-state index contributed by atoms with van der Waals surface area (Å²) in [6, 6.07) is 85.7. The van der Waals surface area contributed by atoms with Gasteiger partial charge >= 0.3 is 0 Å². The number of para-hydroxylation sites is 3. The summed E-state index contributed by atoms with van der Waals surface area (Å²) in [4.78, 5) is 2.47. The zero-order valence-corrected chi connectivity index (χ0v) is 31.5. The van der Waals surface area contributed by atoms with Crippen molar-refractivity contribution in [3.8, 4) is 55.6 Å². The Bertz CT molecular complexity index is 2920. The third-order valence-corrected chi connectivity index (χ3v) is 11.0. The molecule has 0 heterocycles. The topological polar surface area (TPSA) is 3.24 Å². The highest BCUT2D eigenvalue weighted by Gasteiger charge is 2.25. The van der Waals surface area contributed by atoms with Crippen LogP contribution in [0, 0.1) is 0 Å². The first-order valence-electron chi connectivity index (χ1n) is 19.6. The molecule has 0 bridgehead atoms. The van der Waals surface area contributed by atoms with E-state index >= 15 is 0 Å². The molecule has 0 aliphatic heterocycles. The average molecular weight is 726 g/mol. The van der Waals surface area contributed by atoms with Gasteiger partial charge < -0.3 is 4.90 Å². The zero-order chi connectivity index (χ0) is 38.0. The van der Waals surface area contributed by atoms with Gasteiger partial charge in [0.25, 0.3) is 0 Å². The summed E-state index contributed by atoms with van der Waals surface area (Å²) in [6.07, 6.45) is 0. The molecule has 0 saturated carbocycles. The van der Waals surface area contributed by atoms with E-state index in [-0.39, 0.29) is 0 Å². The van der Waals surface area contributed by atoms with Crippen molar-refractivity contribution in [2.45, 2.75) is 0 Å². The van der Waals surface area contributed by atoms with Crippen LogP contribution in [0.1, 0.15) is 0 Å². The lowest BCUT2D eigenvalue weighted by Crippen LogP contribution is -2.13. The van der Waals surface area contributed by atoms with Crippen LogP contribution in [0.3, 0.4) is 0 Å². The van der Waals surface area contributed by atoms with E-state index in [0.717, 1.165) is 28.2 Å². The van der Waals surface area contributed by atoms with Crippen LogP contribution in [0.5, 0.6) is 0 Å². The van der Waals surface area contributed by atoms with Gasteiger partial charge in [-0.05, 0) is 84.8 Å². The maximum absolute atomic E-state index is 2.47. The maximum atomic E-state index is 2.47. The molecule has 0 saturated heterocycles. The largest absolute Gasteiger partial charge is 0.309 e. The van der Waals surface area contributed by atoms with E-state index in [2.05, 4.69) is 241 Å². The van der Waals surface area contributed by atoms with Crippen molar-refractivity contribution in [3.63, 3.8) is 0 Å². The van der Waals surface area contributed by atoms with Gasteiger partial charge in [-0.2, -0.15) is 0 Å². The molecule has 0 radical (unpaired) electrons. The Hall–Kier alpha value is -7.48. The first kappa shape index (κ1) is 34.0. The first-order chi connectivity index (χ1) is 28.3. The minimum atomic E-state index is 1.09. The summed E-state index contributed by atoms with van der Waals surface area (Å²) in [6.45, 7) is 0. The molecule has 0 unspecified atom stereocenters. The number of hydrogen-bond acceptors (Lipinski definition) is 1. The summed E-state index contributed by atoms with van der Waals surface area (Å²) < 4.78 is 0. The first-order valence-corrected chi connectivity index (χ1v) is 19.6. The summed E-state index contributed by atoms with van der Waals surface area (Å²) in [5.41, 5.74) is 15.2. The minimum Gasteiger partial charge on any atom is -0.309 e. The quantitative estimate of drug-likeness (QED) is 0.141. The fourth-order valence-electron chi connectivity index (χ4n) is 8.53. The van der Waals surface area contributed by atoms with Gasteiger partial charge in [-0.15, -0.1) is 0 Å². The lowest BCUT2D eigenvalue weighted by Gasteiger charge is -2.32. The number of hydrogen-bond donors (Lipinski definition) is 0.